The van der Waals surface area contributed by atoms with Crippen molar-refractivity contribution in [1.29, 1.82) is 0 Å². The van der Waals surface area contributed by atoms with Crippen molar-refractivity contribution >= 4 is 23.5 Å². The Hall–Kier alpha value is -1.10. The van der Waals surface area contributed by atoms with Gasteiger partial charge in [0.25, 0.3) is 0 Å². The van der Waals surface area contributed by atoms with E-state index in [4.69, 9.17) is 16.6 Å². The molecule has 1 fully saturated rings. The summed E-state index contributed by atoms with van der Waals surface area (Å²) in [5.74, 6) is 1.36. The summed E-state index contributed by atoms with van der Waals surface area (Å²) in [4.78, 5) is 17.9. The summed E-state index contributed by atoms with van der Waals surface area (Å²) in [5, 5.41) is 0.268. The first-order chi connectivity index (χ1) is 10.2. The number of hydrogen-bond acceptors (Lipinski definition) is 5. The molecular weight excluding hydrogens is 298 g/mol. The molecule has 0 amide bonds. The summed E-state index contributed by atoms with van der Waals surface area (Å²) in [6.07, 6.45) is 3.47. The first-order valence-electron chi connectivity index (χ1n) is 8.18. The Kier molecular flexibility index (Phi) is 4.85. The van der Waals surface area contributed by atoms with Gasteiger partial charge in [-0.1, -0.05) is 0 Å². The molecule has 0 aliphatic carbocycles. The Morgan fingerprint density at radius 2 is 1.55 bits per heavy atom. The Morgan fingerprint density at radius 3 is 2.05 bits per heavy atom. The molecule has 0 atom stereocenters. The molecule has 0 aromatic carbocycles. The Morgan fingerprint density at radius 1 is 1.00 bits per heavy atom. The van der Waals surface area contributed by atoms with Crippen LogP contribution in [0.3, 0.4) is 0 Å². The van der Waals surface area contributed by atoms with Crippen molar-refractivity contribution in [3.63, 3.8) is 0 Å². The highest BCUT2D eigenvalue weighted by molar-refractivity contribution is 6.28. The molecule has 1 saturated heterocycles. The second-order valence-corrected chi connectivity index (χ2v) is 7.53. The first-order valence-corrected chi connectivity index (χ1v) is 8.56. The van der Waals surface area contributed by atoms with Crippen LogP contribution in [0.4, 0.5) is 11.9 Å². The third-order valence-corrected chi connectivity index (χ3v) is 4.79. The van der Waals surface area contributed by atoms with Crippen molar-refractivity contribution in [2.24, 2.45) is 0 Å². The van der Waals surface area contributed by atoms with E-state index in [-0.39, 0.29) is 16.4 Å². The van der Waals surface area contributed by atoms with Crippen LogP contribution in [0.1, 0.15) is 60.8 Å². The SMILES string of the molecule is CCN(CC)c1nc(Cl)nc(N2C(C)(C)CCCC2(C)C)n1. The Labute approximate surface area is 139 Å². The van der Waals surface area contributed by atoms with Crippen molar-refractivity contribution in [2.75, 3.05) is 22.9 Å². The second kappa shape index (κ2) is 6.19. The summed E-state index contributed by atoms with van der Waals surface area (Å²) in [7, 11) is 0. The molecule has 22 heavy (non-hydrogen) atoms. The molecular formula is C16H28ClN5. The van der Waals surface area contributed by atoms with Gasteiger partial charge >= 0.3 is 0 Å². The fourth-order valence-corrected chi connectivity index (χ4v) is 3.77. The molecule has 0 N–H and O–H groups in total. The fourth-order valence-electron chi connectivity index (χ4n) is 3.62. The zero-order chi connectivity index (χ0) is 16.5. The number of piperidine rings is 1. The normalized spacial score (nSPS) is 20.0. The molecule has 5 nitrogen and oxygen atoms in total. The van der Waals surface area contributed by atoms with E-state index in [1.165, 1.54) is 6.42 Å². The Balaban J connectivity index is 2.50. The lowest BCUT2D eigenvalue weighted by atomic mass is 9.80. The largest absolute Gasteiger partial charge is 0.341 e. The van der Waals surface area contributed by atoms with Gasteiger partial charge in [-0.3, -0.25) is 0 Å². The average Bonchev–Trinajstić information content (AvgIpc) is 2.37. The zero-order valence-corrected chi connectivity index (χ0v) is 15.4. The predicted octanol–water partition coefficient (Wildman–Crippen LogP) is 3.92. The van der Waals surface area contributed by atoms with Crippen molar-refractivity contribution in [2.45, 2.75) is 71.9 Å². The van der Waals surface area contributed by atoms with Crippen LogP contribution in [0.5, 0.6) is 0 Å². The molecule has 1 aromatic rings. The van der Waals surface area contributed by atoms with Crippen LogP contribution in [0.2, 0.25) is 5.28 Å². The monoisotopic (exact) mass is 325 g/mol. The third-order valence-electron chi connectivity index (χ3n) is 4.62. The van der Waals surface area contributed by atoms with Gasteiger partial charge in [0.15, 0.2) is 0 Å². The Bertz CT molecular complexity index is 509. The van der Waals surface area contributed by atoms with Crippen LogP contribution in [0.25, 0.3) is 0 Å². The predicted molar refractivity (Wildman–Crippen MR) is 92.9 cm³/mol. The van der Waals surface area contributed by atoms with Gasteiger partial charge in [-0.25, -0.2) is 0 Å². The smallest absolute Gasteiger partial charge is 0.232 e. The van der Waals surface area contributed by atoms with Gasteiger partial charge in [-0.15, -0.1) is 0 Å². The van der Waals surface area contributed by atoms with Gasteiger partial charge in [0.1, 0.15) is 0 Å². The van der Waals surface area contributed by atoms with Crippen LogP contribution in [0, 0.1) is 0 Å². The van der Waals surface area contributed by atoms with E-state index < -0.39 is 0 Å². The molecule has 1 aliphatic rings. The second-order valence-electron chi connectivity index (χ2n) is 7.19. The molecule has 0 unspecified atom stereocenters. The molecule has 0 bridgehead atoms. The lowest BCUT2D eigenvalue weighted by Crippen LogP contribution is -2.59. The number of hydrogen-bond donors (Lipinski definition) is 0. The average molecular weight is 326 g/mol. The van der Waals surface area contributed by atoms with Gasteiger partial charge in [0, 0.05) is 24.2 Å². The van der Waals surface area contributed by atoms with E-state index in [1.807, 2.05) is 0 Å². The molecule has 2 rings (SSSR count). The summed E-state index contributed by atoms with van der Waals surface area (Å²) in [6, 6.07) is 0. The van der Waals surface area contributed by atoms with E-state index in [2.05, 4.69) is 61.3 Å². The van der Waals surface area contributed by atoms with E-state index in [0.717, 1.165) is 25.9 Å². The van der Waals surface area contributed by atoms with Crippen molar-refractivity contribution < 1.29 is 0 Å². The van der Waals surface area contributed by atoms with E-state index in [1.54, 1.807) is 0 Å². The molecule has 0 spiro atoms. The summed E-state index contributed by atoms with van der Waals surface area (Å²) in [5.41, 5.74) is 0.0138. The molecule has 2 heterocycles. The van der Waals surface area contributed by atoms with Crippen LogP contribution >= 0.6 is 11.6 Å². The van der Waals surface area contributed by atoms with Gasteiger partial charge in [-0.2, -0.15) is 15.0 Å². The summed E-state index contributed by atoms with van der Waals surface area (Å²) < 4.78 is 0. The lowest BCUT2D eigenvalue weighted by molar-refractivity contribution is 0.239. The van der Waals surface area contributed by atoms with Crippen molar-refractivity contribution in [3.8, 4) is 0 Å². The minimum Gasteiger partial charge on any atom is -0.341 e. The van der Waals surface area contributed by atoms with E-state index in [9.17, 15) is 0 Å². The van der Waals surface area contributed by atoms with Gasteiger partial charge in [-0.05, 0) is 72.4 Å². The van der Waals surface area contributed by atoms with E-state index in [0.29, 0.717) is 11.9 Å². The molecule has 0 radical (unpaired) electrons. The first kappa shape index (κ1) is 17.3. The van der Waals surface area contributed by atoms with Crippen LogP contribution in [0.15, 0.2) is 0 Å². The third kappa shape index (κ3) is 3.29. The molecule has 1 aliphatic heterocycles. The van der Waals surface area contributed by atoms with Crippen molar-refractivity contribution in [3.05, 3.63) is 5.28 Å². The minimum atomic E-state index is 0.00691. The highest BCUT2D eigenvalue weighted by atomic mass is 35.5. The number of anilines is 2. The highest BCUT2D eigenvalue weighted by Gasteiger charge is 2.43. The summed E-state index contributed by atoms with van der Waals surface area (Å²) in [6.45, 7) is 14.9. The highest BCUT2D eigenvalue weighted by Crippen LogP contribution is 2.40. The quantitative estimate of drug-likeness (QED) is 0.839. The van der Waals surface area contributed by atoms with Gasteiger partial charge in [0.2, 0.25) is 17.2 Å². The number of rotatable bonds is 4. The molecule has 0 saturated carbocycles. The lowest BCUT2D eigenvalue weighted by Gasteiger charge is -2.52. The molecule has 124 valence electrons. The minimum absolute atomic E-state index is 0.00691. The zero-order valence-electron chi connectivity index (χ0n) is 14.6. The van der Waals surface area contributed by atoms with Crippen molar-refractivity contribution in [1.82, 2.24) is 15.0 Å². The van der Waals surface area contributed by atoms with Crippen LogP contribution < -0.4 is 9.80 Å². The topological polar surface area (TPSA) is 45.2 Å². The fraction of sp³-hybridized carbons (Fsp3) is 0.812. The standard InChI is InChI=1S/C16H28ClN5/c1-7-21(8-2)13-18-12(17)19-14(20-13)22-15(3,4)10-9-11-16(22,5)6/h7-11H2,1-6H3. The number of nitrogens with zero attached hydrogens (tertiary/aromatic N) is 5. The van der Waals surface area contributed by atoms with Crippen LogP contribution in [-0.4, -0.2) is 39.1 Å². The maximum atomic E-state index is 6.20. The summed E-state index contributed by atoms with van der Waals surface area (Å²) >= 11 is 6.20. The van der Waals surface area contributed by atoms with Crippen LogP contribution in [-0.2, 0) is 0 Å². The number of halogens is 1. The maximum absolute atomic E-state index is 6.20. The molecule has 6 heteroatoms. The van der Waals surface area contributed by atoms with Gasteiger partial charge < -0.3 is 9.80 Å². The van der Waals surface area contributed by atoms with Gasteiger partial charge in [0.05, 0.1) is 0 Å². The maximum Gasteiger partial charge on any atom is 0.232 e. The molecule has 1 aromatic heterocycles. The number of aromatic nitrogens is 3. The van der Waals surface area contributed by atoms with E-state index >= 15 is 0 Å².